The van der Waals surface area contributed by atoms with Gasteiger partial charge in [-0.05, 0) is 30.3 Å². The largest absolute Gasteiger partial charge is 0.573 e. The van der Waals surface area contributed by atoms with E-state index in [9.17, 15) is 23.1 Å². The van der Waals surface area contributed by atoms with Crippen LogP contribution < -0.4 is 15.2 Å². The second-order valence-electron chi connectivity index (χ2n) is 6.16. The molecule has 10 heteroatoms. The van der Waals surface area contributed by atoms with Gasteiger partial charge in [-0.25, -0.2) is 0 Å². The lowest BCUT2D eigenvalue weighted by Crippen LogP contribution is -2.33. The lowest BCUT2D eigenvalue weighted by molar-refractivity contribution is -0.274. The summed E-state index contributed by atoms with van der Waals surface area (Å²) >= 11 is 11.4. The first-order valence-corrected chi connectivity index (χ1v) is 8.93. The minimum atomic E-state index is -4.84. The lowest BCUT2D eigenvalue weighted by Gasteiger charge is -2.22. The van der Waals surface area contributed by atoms with Crippen LogP contribution in [0.5, 0.6) is 11.5 Å². The molecule has 0 spiro atoms. The van der Waals surface area contributed by atoms with Crippen molar-refractivity contribution in [1.29, 1.82) is 0 Å². The third kappa shape index (κ3) is 4.15. The third-order valence-electron chi connectivity index (χ3n) is 4.29. The molecular formula is C19H14ClF3N2O3S. The van der Waals surface area contributed by atoms with Gasteiger partial charge in [-0.15, -0.1) is 13.2 Å². The Morgan fingerprint density at radius 2 is 1.93 bits per heavy atom. The van der Waals surface area contributed by atoms with Crippen molar-refractivity contribution in [3.63, 3.8) is 0 Å². The average molecular weight is 443 g/mol. The predicted molar refractivity (Wildman–Crippen MR) is 109 cm³/mol. The Morgan fingerprint density at radius 1 is 1.24 bits per heavy atom. The molecule has 3 rings (SSSR count). The summed E-state index contributed by atoms with van der Waals surface area (Å²) in [5.74, 6) is -0.794. The first kappa shape index (κ1) is 20.9. The maximum atomic E-state index is 12.8. The van der Waals surface area contributed by atoms with Gasteiger partial charge >= 0.3 is 6.36 Å². The highest BCUT2D eigenvalue weighted by Gasteiger charge is 2.31. The fourth-order valence-corrected chi connectivity index (χ4v) is 3.33. The third-order valence-corrected chi connectivity index (χ3v) is 5.00. The normalized spacial score (nSPS) is 11.5. The van der Waals surface area contributed by atoms with Crippen molar-refractivity contribution < 1.29 is 23.0 Å². The molecule has 3 aromatic rings. The number of fused-ring (bicyclic) bond motifs is 1. The van der Waals surface area contributed by atoms with Gasteiger partial charge in [-0.1, -0.05) is 29.9 Å². The van der Waals surface area contributed by atoms with Crippen molar-refractivity contribution in [1.82, 2.24) is 4.57 Å². The molecule has 0 radical (unpaired) electrons. The van der Waals surface area contributed by atoms with E-state index in [2.05, 4.69) is 4.74 Å². The number of alkyl halides is 3. The quantitative estimate of drug-likeness (QED) is 0.600. The lowest BCUT2D eigenvalue weighted by atomic mass is 10.1. The summed E-state index contributed by atoms with van der Waals surface area (Å²) in [5.41, 5.74) is -0.0325. The number of anilines is 1. The number of nitrogens with zero attached hydrogens (tertiary/aromatic N) is 2. The Bertz CT molecular complexity index is 1180. The Hall–Kier alpha value is -2.78. The highest BCUT2D eigenvalue weighted by molar-refractivity contribution is 7.81. The number of ether oxygens (including phenoxy) is 1. The fraction of sp³-hybridized carbons (Fsp3) is 0.158. The van der Waals surface area contributed by atoms with Crippen molar-refractivity contribution in [2.45, 2.75) is 6.36 Å². The topological polar surface area (TPSA) is 54.7 Å². The number of aryl methyl sites for hydroxylation is 1. The highest BCUT2D eigenvalue weighted by Crippen LogP contribution is 2.31. The van der Waals surface area contributed by atoms with Crippen molar-refractivity contribution in [2.75, 3.05) is 11.9 Å². The van der Waals surface area contributed by atoms with E-state index < -0.39 is 17.7 Å². The van der Waals surface area contributed by atoms with E-state index in [1.807, 2.05) is 0 Å². The summed E-state index contributed by atoms with van der Waals surface area (Å²) in [6, 6.07) is 9.78. The molecule has 1 heterocycles. The number of hydrogen-bond donors (Lipinski definition) is 1. The zero-order chi connectivity index (χ0) is 21.5. The van der Waals surface area contributed by atoms with Gasteiger partial charge in [-0.3, -0.25) is 4.79 Å². The van der Waals surface area contributed by atoms with Crippen LogP contribution >= 0.6 is 23.8 Å². The van der Waals surface area contributed by atoms with Crippen molar-refractivity contribution in [3.8, 4) is 11.5 Å². The molecule has 0 saturated heterocycles. The number of benzene rings is 2. The Balaban J connectivity index is 2.08. The molecule has 0 atom stereocenters. The van der Waals surface area contributed by atoms with Crippen LogP contribution in [0.1, 0.15) is 5.56 Å². The summed E-state index contributed by atoms with van der Waals surface area (Å²) in [4.78, 5) is 14.0. The molecule has 0 aliphatic rings. The van der Waals surface area contributed by atoms with Gasteiger partial charge in [-0.2, -0.15) is 0 Å². The van der Waals surface area contributed by atoms with Gasteiger partial charge in [0.15, 0.2) is 0 Å². The summed E-state index contributed by atoms with van der Waals surface area (Å²) < 4.78 is 42.7. The second kappa shape index (κ2) is 7.57. The average Bonchev–Trinajstić information content (AvgIpc) is 2.64. The molecule has 1 aromatic heterocycles. The van der Waals surface area contributed by atoms with Gasteiger partial charge in [0.05, 0.1) is 5.52 Å². The summed E-state index contributed by atoms with van der Waals surface area (Å²) in [7, 11) is 2.98. The molecule has 29 heavy (non-hydrogen) atoms. The number of halogens is 4. The molecule has 0 saturated carbocycles. The monoisotopic (exact) mass is 442 g/mol. The Labute approximate surface area is 173 Å². The minimum absolute atomic E-state index is 0.0749. The summed E-state index contributed by atoms with van der Waals surface area (Å²) in [6.45, 7) is 0. The van der Waals surface area contributed by atoms with Gasteiger partial charge in [0.25, 0.3) is 5.56 Å². The van der Waals surface area contributed by atoms with E-state index >= 15 is 0 Å². The SMILES string of the molecule is CN(C(=S)c1c(O)c2cc(Cl)ccc2n(C)c1=O)c1cccc(OC(F)(F)F)c1. The van der Waals surface area contributed by atoms with E-state index in [-0.39, 0.29) is 22.0 Å². The van der Waals surface area contributed by atoms with Crippen LogP contribution in [0.25, 0.3) is 10.9 Å². The van der Waals surface area contributed by atoms with E-state index in [1.165, 1.54) is 41.8 Å². The first-order chi connectivity index (χ1) is 13.5. The molecular weight excluding hydrogens is 429 g/mol. The molecule has 2 aromatic carbocycles. The zero-order valence-electron chi connectivity index (χ0n) is 15.1. The fourth-order valence-electron chi connectivity index (χ4n) is 2.87. The van der Waals surface area contributed by atoms with E-state index in [4.69, 9.17) is 23.8 Å². The maximum absolute atomic E-state index is 12.8. The van der Waals surface area contributed by atoms with Crippen LogP contribution in [0.2, 0.25) is 5.02 Å². The molecule has 5 nitrogen and oxygen atoms in total. The Morgan fingerprint density at radius 3 is 2.59 bits per heavy atom. The van der Waals surface area contributed by atoms with Crippen LogP contribution in [-0.2, 0) is 7.05 Å². The number of thiocarbonyl (C=S) groups is 1. The molecule has 0 unspecified atom stereocenters. The van der Waals surface area contributed by atoms with Crippen LogP contribution in [0.4, 0.5) is 18.9 Å². The van der Waals surface area contributed by atoms with Crippen molar-refractivity contribution >= 4 is 45.4 Å². The molecule has 0 aliphatic heterocycles. The molecule has 0 amide bonds. The molecule has 0 fully saturated rings. The number of aromatic hydroxyl groups is 1. The van der Waals surface area contributed by atoms with Gasteiger partial charge < -0.3 is 19.3 Å². The van der Waals surface area contributed by atoms with Crippen molar-refractivity contribution in [3.05, 3.63) is 63.4 Å². The summed E-state index contributed by atoms with van der Waals surface area (Å²) in [5, 5.41) is 11.4. The summed E-state index contributed by atoms with van der Waals surface area (Å²) in [6.07, 6.45) is -4.84. The number of pyridine rings is 1. The van der Waals surface area contributed by atoms with E-state index in [0.29, 0.717) is 15.9 Å². The minimum Gasteiger partial charge on any atom is -0.506 e. The molecule has 152 valence electrons. The van der Waals surface area contributed by atoms with E-state index in [1.54, 1.807) is 12.1 Å². The maximum Gasteiger partial charge on any atom is 0.573 e. The smallest absolute Gasteiger partial charge is 0.506 e. The predicted octanol–water partition coefficient (Wildman–Crippen LogP) is 4.61. The number of rotatable bonds is 3. The van der Waals surface area contributed by atoms with Crippen LogP contribution in [-0.4, -0.2) is 28.1 Å². The molecule has 0 bridgehead atoms. The standard InChI is InChI=1S/C19H14ClF3N2O3S/c1-24(11-4-3-5-12(9-11)28-19(21,22)23)18(29)15-16(26)13-8-10(20)6-7-14(13)25(2)17(15)27/h3-9,26H,1-2H3. The van der Waals surface area contributed by atoms with Gasteiger partial charge in [0.1, 0.15) is 22.1 Å². The van der Waals surface area contributed by atoms with Gasteiger partial charge in [0.2, 0.25) is 0 Å². The van der Waals surface area contributed by atoms with Crippen molar-refractivity contribution in [2.24, 2.45) is 7.05 Å². The second-order valence-corrected chi connectivity index (χ2v) is 6.98. The van der Waals surface area contributed by atoms with Crippen LogP contribution in [0, 0.1) is 0 Å². The van der Waals surface area contributed by atoms with Crippen LogP contribution in [0.3, 0.4) is 0 Å². The molecule has 1 N–H and O–H groups in total. The molecule has 0 aliphatic carbocycles. The van der Waals surface area contributed by atoms with E-state index in [0.717, 1.165) is 12.1 Å². The zero-order valence-corrected chi connectivity index (χ0v) is 16.7. The highest BCUT2D eigenvalue weighted by atomic mass is 35.5. The number of aromatic nitrogens is 1. The van der Waals surface area contributed by atoms with Gasteiger partial charge in [0, 0.05) is 36.3 Å². The Kier molecular flexibility index (Phi) is 5.46. The first-order valence-electron chi connectivity index (χ1n) is 8.14. The number of hydrogen-bond acceptors (Lipinski definition) is 4. The van der Waals surface area contributed by atoms with Crippen LogP contribution in [0.15, 0.2) is 47.3 Å².